The number of hydrogen-bond acceptors (Lipinski definition) is 1. The van der Waals surface area contributed by atoms with Crippen molar-refractivity contribution < 1.29 is 0 Å². The fourth-order valence-corrected chi connectivity index (χ4v) is 3.67. The zero-order valence-electron chi connectivity index (χ0n) is 13.7. The summed E-state index contributed by atoms with van der Waals surface area (Å²) in [4.78, 5) is 2.65. The van der Waals surface area contributed by atoms with Crippen molar-refractivity contribution in [1.29, 1.82) is 0 Å². The molecule has 2 heteroatoms. The number of fused-ring (bicyclic) bond motifs is 1. The first-order chi connectivity index (χ1) is 10.2. The summed E-state index contributed by atoms with van der Waals surface area (Å²) in [6, 6.07) is 7.23. The molecule has 0 aliphatic carbocycles. The van der Waals surface area contributed by atoms with Crippen molar-refractivity contribution in [2.24, 2.45) is 0 Å². The fraction of sp³-hybridized carbons (Fsp3) is 0.579. The molecule has 1 aliphatic heterocycles. The van der Waals surface area contributed by atoms with E-state index in [4.69, 9.17) is 0 Å². The molecule has 21 heavy (non-hydrogen) atoms. The Morgan fingerprint density at radius 3 is 2.43 bits per heavy atom. The van der Waals surface area contributed by atoms with Gasteiger partial charge in [-0.1, -0.05) is 25.0 Å². The van der Waals surface area contributed by atoms with Crippen LogP contribution in [-0.2, 0) is 6.54 Å². The molecule has 1 aliphatic rings. The van der Waals surface area contributed by atoms with Gasteiger partial charge >= 0.3 is 0 Å². The summed E-state index contributed by atoms with van der Waals surface area (Å²) in [6.07, 6.45) is 7.93. The average Bonchev–Trinajstić information content (AvgIpc) is 2.64. The van der Waals surface area contributed by atoms with Crippen molar-refractivity contribution >= 4 is 10.9 Å². The third kappa shape index (κ3) is 3.01. The molecule has 0 radical (unpaired) electrons. The van der Waals surface area contributed by atoms with Crippen LogP contribution in [0.4, 0.5) is 0 Å². The second kappa shape index (κ2) is 6.23. The van der Waals surface area contributed by atoms with Crippen molar-refractivity contribution in [2.45, 2.75) is 59.0 Å². The SMILES string of the molecule is Cc1cccc2c1c(CN1CCCCCC1)cn2C(C)C. The first kappa shape index (κ1) is 14.6. The van der Waals surface area contributed by atoms with Crippen LogP contribution in [0.1, 0.15) is 56.7 Å². The molecule has 2 nitrogen and oxygen atoms in total. The summed E-state index contributed by atoms with van der Waals surface area (Å²) in [6.45, 7) is 10.4. The summed E-state index contributed by atoms with van der Waals surface area (Å²) in [5.74, 6) is 0. The number of aromatic nitrogens is 1. The molecule has 0 spiro atoms. The highest BCUT2D eigenvalue weighted by atomic mass is 15.1. The lowest BCUT2D eigenvalue weighted by molar-refractivity contribution is 0.277. The van der Waals surface area contributed by atoms with Crippen LogP contribution < -0.4 is 0 Å². The Bertz CT molecular complexity index is 601. The standard InChI is InChI=1S/C19H28N2/c1-15(2)21-14-17(13-20-11-6-4-5-7-12-20)19-16(3)9-8-10-18(19)21/h8-10,14-15H,4-7,11-13H2,1-3H3. The lowest BCUT2D eigenvalue weighted by atomic mass is 10.1. The lowest BCUT2D eigenvalue weighted by Crippen LogP contribution is -2.23. The highest BCUT2D eigenvalue weighted by Gasteiger charge is 2.16. The van der Waals surface area contributed by atoms with E-state index in [-0.39, 0.29) is 0 Å². The van der Waals surface area contributed by atoms with Crippen LogP contribution in [0.2, 0.25) is 0 Å². The van der Waals surface area contributed by atoms with Gasteiger partial charge in [0.2, 0.25) is 0 Å². The van der Waals surface area contributed by atoms with Gasteiger partial charge in [0.25, 0.3) is 0 Å². The second-order valence-electron chi connectivity index (χ2n) is 6.81. The van der Waals surface area contributed by atoms with Gasteiger partial charge < -0.3 is 4.57 Å². The van der Waals surface area contributed by atoms with E-state index >= 15 is 0 Å². The van der Waals surface area contributed by atoms with E-state index in [0.29, 0.717) is 6.04 Å². The minimum absolute atomic E-state index is 0.521. The van der Waals surface area contributed by atoms with Crippen LogP contribution in [0.5, 0.6) is 0 Å². The van der Waals surface area contributed by atoms with E-state index in [1.54, 1.807) is 0 Å². The number of rotatable bonds is 3. The first-order valence-electron chi connectivity index (χ1n) is 8.48. The Kier molecular flexibility index (Phi) is 4.34. The van der Waals surface area contributed by atoms with Crippen LogP contribution in [0.15, 0.2) is 24.4 Å². The van der Waals surface area contributed by atoms with Gasteiger partial charge in [-0.3, -0.25) is 4.90 Å². The number of likely N-dealkylation sites (tertiary alicyclic amines) is 1. The Balaban J connectivity index is 1.97. The third-order valence-corrected chi connectivity index (χ3v) is 4.79. The maximum absolute atomic E-state index is 2.65. The van der Waals surface area contributed by atoms with Crippen LogP contribution in [0, 0.1) is 6.92 Å². The van der Waals surface area contributed by atoms with E-state index in [1.807, 2.05) is 0 Å². The zero-order chi connectivity index (χ0) is 14.8. The molecule has 0 saturated carbocycles. The molecule has 1 fully saturated rings. The molecule has 0 atom stereocenters. The van der Waals surface area contributed by atoms with Gasteiger partial charge in [0, 0.05) is 29.7 Å². The molecule has 2 heterocycles. The van der Waals surface area contributed by atoms with Gasteiger partial charge in [-0.05, 0) is 63.9 Å². The van der Waals surface area contributed by atoms with Gasteiger partial charge in [0.05, 0.1) is 0 Å². The molecule has 1 aromatic heterocycles. The highest BCUT2D eigenvalue weighted by molar-refractivity contribution is 5.87. The molecule has 3 rings (SSSR count). The molecule has 0 amide bonds. The van der Waals surface area contributed by atoms with Gasteiger partial charge in [-0.2, -0.15) is 0 Å². The summed E-state index contributed by atoms with van der Waals surface area (Å²) >= 11 is 0. The lowest BCUT2D eigenvalue weighted by Gasteiger charge is -2.19. The summed E-state index contributed by atoms with van der Waals surface area (Å²) in [7, 11) is 0. The van der Waals surface area contributed by atoms with Gasteiger partial charge in [0.1, 0.15) is 0 Å². The van der Waals surface area contributed by atoms with E-state index < -0.39 is 0 Å². The van der Waals surface area contributed by atoms with Crippen LogP contribution in [0.3, 0.4) is 0 Å². The van der Waals surface area contributed by atoms with Crippen molar-refractivity contribution in [3.8, 4) is 0 Å². The number of aryl methyl sites for hydroxylation is 1. The average molecular weight is 284 g/mol. The molecule has 114 valence electrons. The summed E-state index contributed by atoms with van der Waals surface area (Å²) < 4.78 is 2.44. The number of hydrogen-bond donors (Lipinski definition) is 0. The van der Waals surface area contributed by atoms with Gasteiger partial charge in [-0.15, -0.1) is 0 Å². The third-order valence-electron chi connectivity index (χ3n) is 4.79. The molecule has 0 N–H and O–H groups in total. The van der Waals surface area contributed by atoms with Crippen molar-refractivity contribution in [1.82, 2.24) is 9.47 Å². The molecule has 0 bridgehead atoms. The molecule has 1 aromatic carbocycles. The molecule has 0 unspecified atom stereocenters. The number of benzene rings is 1. The van der Waals surface area contributed by atoms with Gasteiger partial charge in [0.15, 0.2) is 0 Å². The highest BCUT2D eigenvalue weighted by Crippen LogP contribution is 2.29. The van der Waals surface area contributed by atoms with Crippen LogP contribution in [-0.4, -0.2) is 22.6 Å². The summed E-state index contributed by atoms with van der Waals surface area (Å²) in [5.41, 5.74) is 4.32. The maximum atomic E-state index is 2.65. The maximum Gasteiger partial charge on any atom is 0.0488 e. The first-order valence-corrected chi connectivity index (χ1v) is 8.48. The Morgan fingerprint density at radius 1 is 1.05 bits per heavy atom. The Hall–Kier alpha value is -1.28. The topological polar surface area (TPSA) is 8.17 Å². The fourth-order valence-electron chi connectivity index (χ4n) is 3.67. The number of nitrogens with zero attached hydrogens (tertiary/aromatic N) is 2. The molecule has 1 saturated heterocycles. The Morgan fingerprint density at radius 2 is 1.76 bits per heavy atom. The molecule has 2 aromatic rings. The molecular weight excluding hydrogens is 256 g/mol. The van der Waals surface area contributed by atoms with Gasteiger partial charge in [-0.25, -0.2) is 0 Å². The quantitative estimate of drug-likeness (QED) is 0.777. The minimum Gasteiger partial charge on any atom is -0.345 e. The monoisotopic (exact) mass is 284 g/mol. The zero-order valence-corrected chi connectivity index (χ0v) is 13.7. The summed E-state index contributed by atoms with van der Waals surface area (Å²) in [5, 5.41) is 1.48. The van der Waals surface area contributed by atoms with E-state index in [2.05, 4.69) is 54.6 Å². The van der Waals surface area contributed by atoms with Crippen LogP contribution in [0.25, 0.3) is 10.9 Å². The predicted octanol–water partition coefficient (Wildman–Crippen LogP) is 4.91. The minimum atomic E-state index is 0.521. The smallest absolute Gasteiger partial charge is 0.0488 e. The van der Waals surface area contributed by atoms with E-state index in [9.17, 15) is 0 Å². The van der Waals surface area contributed by atoms with Crippen LogP contribution >= 0.6 is 0 Å². The van der Waals surface area contributed by atoms with E-state index in [0.717, 1.165) is 6.54 Å². The molecular formula is C19H28N2. The van der Waals surface area contributed by atoms with Crippen molar-refractivity contribution in [3.63, 3.8) is 0 Å². The van der Waals surface area contributed by atoms with Crippen molar-refractivity contribution in [2.75, 3.05) is 13.1 Å². The predicted molar refractivity (Wildman–Crippen MR) is 90.8 cm³/mol. The van der Waals surface area contributed by atoms with Crippen molar-refractivity contribution in [3.05, 3.63) is 35.5 Å². The van der Waals surface area contributed by atoms with E-state index in [1.165, 1.54) is 60.8 Å². The largest absolute Gasteiger partial charge is 0.345 e. The second-order valence-corrected chi connectivity index (χ2v) is 6.81. The normalized spacial score (nSPS) is 17.5. The Labute approximate surface area is 128 Å².